The van der Waals surface area contributed by atoms with Crippen LogP contribution in [0.5, 0.6) is 0 Å². The SMILES string of the molecule is COC(=O)C[C@H]1CC[C@@H](OC2CCN(c3cc(C)c(C=O)cn3)CC2)CC1. The molecular formula is C21H30N2O4. The maximum absolute atomic E-state index is 11.4. The number of anilines is 1. The summed E-state index contributed by atoms with van der Waals surface area (Å²) in [7, 11) is 1.46. The number of aromatic nitrogens is 1. The topological polar surface area (TPSA) is 68.7 Å². The van der Waals surface area contributed by atoms with Crippen LogP contribution in [0.25, 0.3) is 0 Å². The summed E-state index contributed by atoms with van der Waals surface area (Å²) < 4.78 is 11.1. The van der Waals surface area contributed by atoms with Crippen molar-refractivity contribution in [2.24, 2.45) is 5.92 Å². The number of carbonyl (C=O) groups excluding carboxylic acids is 2. The van der Waals surface area contributed by atoms with Gasteiger partial charge in [0.15, 0.2) is 6.29 Å². The normalized spacial score (nSPS) is 23.9. The lowest BCUT2D eigenvalue weighted by atomic mass is 9.85. The highest BCUT2D eigenvalue weighted by atomic mass is 16.5. The number of rotatable bonds is 6. The fraction of sp³-hybridized carbons (Fsp3) is 0.667. The van der Waals surface area contributed by atoms with Crippen LogP contribution in [-0.4, -0.2) is 49.6 Å². The highest BCUT2D eigenvalue weighted by molar-refractivity contribution is 5.77. The van der Waals surface area contributed by atoms with Gasteiger partial charge in [-0.3, -0.25) is 9.59 Å². The van der Waals surface area contributed by atoms with E-state index in [0.717, 1.165) is 69.3 Å². The molecule has 0 unspecified atom stereocenters. The van der Waals surface area contributed by atoms with E-state index < -0.39 is 0 Å². The Morgan fingerprint density at radius 3 is 2.44 bits per heavy atom. The van der Waals surface area contributed by atoms with Crippen LogP contribution >= 0.6 is 0 Å². The van der Waals surface area contributed by atoms with Gasteiger partial charge in [-0.15, -0.1) is 0 Å². The molecule has 1 saturated heterocycles. The molecule has 27 heavy (non-hydrogen) atoms. The van der Waals surface area contributed by atoms with Crippen molar-refractivity contribution < 1.29 is 19.1 Å². The summed E-state index contributed by atoms with van der Waals surface area (Å²) in [4.78, 5) is 29.0. The monoisotopic (exact) mass is 374 g/mol. The van der Waals surface area contributed by atoms with Crippen LogP contribution in [0.1, 0.15) is 60.9 Å². The number of ether oxygens (including phenoxy) is 2. The summed E-state index contributed by atoms with van der Waals surface area (Å²) >= 11 is 0. The molecule has 2 heterocycles. The number of esters is 1. The third kappa shape index (κ3) is 5.28. The molecule has 2 fully saturated rings. The second-order valence-electron chi connectivity index (χ2n) is 7.76. The second kappa shape index (κ2) is 9.31. The molecule has 1 aromatic heterocycles. The van der Waals surface area contributed by atoms with Crippen LogP contribution in [0.15, 0.2) is 12.3 Å². The molecule has 148 valence electrons. The molecule has 1 aliphatic heterocycles. The van der Waals surface area contributed by atoms with Crippen LogP contribution in [0.2, 0.25) is 0 Å². The van der Waals surface area contributed by atoms with E-state index >= 15 is 0 Å². The summed E-state index contributed by atoms with van der Waals surface area (Å²) in [6.45, 7) is 3.80. The zero-order valence-corrected chi connectivity index (χ0v) is 16.4. The second-order valence-corrected chi connectivity index (χ2v) is 7.76. The van der Waals surface area contributed by atoms with Gasteiger partial charge in [-0.25, -0.2) is 4.98 Å². The van der Waals surface area contributed by atoms with E-state index in [0.29, 0.717) is 30.1 Å². The summed E-state index contributed by atoms with van der Waals surface area (Å²) in [6, 6.07) is 1.99. The summed E-state index contributed by atoms with van der Waals surface area (Å²) in [5.41, 5.74) is 1.62. The van der Waals surface area contributed by atoms with Crippen molar-refractivity contribution in [1.29, 1.82) is 0 Å². The lowest BCUT2D eigenvalue weighted by Crippen LogP contribution is -2.39. The van der Waals surface area contributed by atoms with Gasteiger partial charge in [0.05, 0.1) is 19.3 Å². The van der Waals surface area contributed by atoms with E-state index in [1.807, 2.05) is 13.0 Å². The first-order valence-corrected chi connectivity index (χ1v) is 9.98. The Bertz CT molecular complexity index is 648. The van der Waals surface area contributed by atoms with Crippen molar-refractivity contribution in [3.05, 3.63) is 23.4 Å². The smallest absolute Gasteiger partial charge is 0.305 e. The molecule has 0 N–H and O–H groups in total. The molecule has 0 spiro atoms. The molecule has 1 saturated carbocycles. The first kappa shape index (κ1) is 19.8. The van der Waals surface area contributed by atoms with Gasteiger partial charge in [0, 0.05) is 31.3 Å². The van der Waals surface area contributed by atoms with E-state index in [1.54, 1.807) is 6.20 Å². The van der Waals surface area contributed by atoms with Gasteiger partial charge in [0.25, 0.3) is 0 Å². The van der Waals surface area contributed by atoms with E-state index in [-0.39, 0.29) is 5.97 Å². The molecule has 3 rings (SSSR count). The third-order valence-corrected chi connectivity index (χ3v) is 5.89. The number of aryl methyl sites for hydroxylation is 1. The first-order valence-electron chi connectivity index (χ1n) is 9.98. The van der Waals surface area contributed by atoms with Gasteiger partial charge < -0.3 is 14.4 Å². The minimum Gasteiger partial charge on any atom is -0.469 e. The third-order valence-electron chi connectivity index (χ3n) is 5.89. The Hall–Kier alpha value is -1.95. The zero-order valence-electron chi connectivity index (χ0n) is 16.4. The minimum atomic E-state index is -0.100. The van der Waals surface area contributed by atoms with Crippen molar-refractivity contribution in [3.8, 4) is 0 Å². The average Bonchev–Trinajstić information content (AvgIpc) is 2.70. The molecule has 6 heteroatoms. The van der Waals surface area contributed by atoms with Crippen molar-refractivity contribution in [2.75, 3.05) is 25.1 Å². The highest BCUT2D eigenvalue weighted by Crippen LogP contribution is 2.31. The Morgan fingerprint density at radius 1 is 1.19 bits per heavy atom. The summed E-state index contributed by atoms with van der Waals surface area (Å²) in [5.74, 6) is 1.29. The summed E-state index contributed by atoms with van der Waals surface area (Å²) in [5, 5.41) is 0. The molecule has 1 aliphatic carbocycles. The lowest BCUT2D eigenvalue weighted by Gasteiger charge is -2.36. The fourth-order valence-electron chi connectivity index (χ4n) is 4.13. The first-order chi connectivity index (χ1) is 13.1. The van der Waals surface area contributed by atoms with Gasteiger partial charge in [-0.05, 0) is 63.0 Å². The van der Waals surface area contributed by atoms with Gasteiger partial charge in [-0.2, -0.15) is 0 Å². The van der Waals surface area contributed by atoms with Gasteiger partial charge >= 0.3 is 5.97 Å². The molecule has 0 aromatic carbocycles. The van der Waals surface area contributed by atoms with Gasteiger partial charge in [0.1, 0.15) is 5.82 Å². The van der Waals surface area contributed by atoms with Gasteiger partial charge in [-0.1, -0.05) is 0 Å². The van der Waals surface area contributed by atoms with Crippen molar-refractivity contribution in [1.82, 2.24) is 4.98 Å². The van der Waals surface area contributed by atoms with E-state index in [1.165, 1.54) is 7.11 Å². The zero-order chi connectivity index (χ0) is 19.2. The van der Waals surface area contributed by atoms with Crippen LogP contribution in [0.3, 0.4) is 0 Å². The molecule has 1 aromatic rings. The van der Waals surface area contributed by atoms with Crippen LogP contribution in [0, 0.1) is 12.8 Å². The van der Waals surface area contributed by atoms with E-state index in [4.69, 9.17) is 9.47 Å². The molecule has 2 aliphatic rings. The Morgan fingerprint density at radius 2 is 1.85 bits per heavy atom. The Labute approximate surface area is 161 Å². The maximum atomic E-state index is 11.4. The molecule has 6 nitrogen and oxygen atoms in total. The maximum Gasteiger partial charge on any atom is 0.305 e. The highest BCUT2D eigenvalue weighted by Gasteiger charge is 2.28. The standard InChI is InChI=1S/C21H30N2O4/c1-15-11-20(22-13-17(15)14-24)23-9-7-19(8-10-23)27-18-5-3-16(4-6-18)12-21(25)26-2/h11,13-14,16,18-19H,3-10,12H2,1-2H3/t16-,18+. The minimum absolute atomic E-state index is 0.100. The molecule has 0 atom stereocenters. The predicted octanol–water partition coefficient (Wildman–Crippen LogP) is 3.31. The predicted molar refractivity (Wildman–Crippen MR) is 103 cm³/mol. The number of carbonyl (C=O) groups is 2. The van der Waals surface area contributed by atoms with Crippen LogP contribution in [-0.2, 0) is 14.3 Å². The number of nitrogens with zero attached hydrogens (tertiary/aromatic N) is 2. The largest absolute Gasteiger partial charge is 0.469 e. The number of pyridine rings is 1. The number of hydrogen-bond donors (Lipinski definition) is 0. The van der Waals surface area contributed by atoms with Crippen LogP contribution < -0.4 is 4.90 Å². The number of piperidine rings is 1. The number of methoxy groups -OCH3 is 1. The average molecular weight is 374 g/mol. The van der Waals surface area contributed by atoms with E-state index in [9.17, 15) is 9.59 Å². The molecular weight excluding hydrogens is 344 g/mol. The van der Waals surface area contributed by atoms with Crippen molar-refractivity contribution >= 4 is 18.1 Å². The summed E-state index contributed by atoms with van der Waals surface area (Å²) in [6.07, 6.45) is 9.84. The number of hydrogen-bond acceptors (Lipinski definition) is 6. The molecule has 0 amide bonds. The fourth-order valence-corrected chi connectivity index (χ4v) is 4.13. The van der Waals surface area contributed by atoms with Crippen molar-refractivity contribution in [3.63, 3.8) is 0 Å². The van der Waals surface area contributed by atoms with Crippen molar-refractivity contribution in [2.45, 2.75) is 64.1 Å². The lowest BCUT2D eigenvalue weighted by molar-refractivity contribution is -0.142. The van der Waals surface area contributed by atoms with Gasteiger partial charge in [0.2, 0.25) is 0 Å². The molecule has 0 bridgehead atoms. The van der Waals surface area contributed by atoms with Crippen LogP contribution in [0.4, 0.5) is 5.82 Å². The van der Waals surface area contributed by atoms with E-state index in [2.05, 4.69) is 9.88 Å². The Kier molecular flexibility index (Phi) is 6.83. The Balaban J connectivity index is 1.42. The quantitative estimate of drug-likeness (QED) is 0.562. The number of aldehydes is 1. The molecule has 0 radical (unpaired) electrons.